The number of rotatable bonds is 46. The SMILES string of the molecule is CC/C=C/C=C/C=C/C=C/CCCCCC(=O)OCC(COC(=O)CCCCC/C=C/C/C=C/C/C=C/C/C=C/C/C=C/CC)OC(=O)CCCCCCC/C=C/CCCCCCCCC. The van der Waals surface area contributed by atoms with Gasteiger partial charge in [0.15, 0.2) is 6.10 Å². The molecule has 0 aliphatic rings. The van der Waals surface area contributed by atoms with Gasteiger partial charge >= 0.3 is 17.9 Å². The van der Waals surface area contributed by atoms with Gasteiger partial charge in [-0.1, -0.05) is 213 Å². The topological polar surface area (TPSA) is 78.9 Å². The second kappa shape index (κ2) is 53.4. The Morgan fingerprint density at radius 3 is 1.14 bits per heavy atom. The molecule has 6 heteroatoms. The molecule has 0 saturated carbocycles. The molecule has 0 aromatic rings. The van der Waals surface area contributed by atoms with Crippen LogP contribution in [0.25, 0.3) is 0 Å². The van der Waals surface area contributed by atoms with Crippen LogP contribution in [0.5, 0.6) is 0 Å². The molecule has 1 atom stereocenters. The van der Waals surface area contributed by atoms with Crippen molar-refractivity contribution in [1.82, 2.24) is 0 Å². The molecule has 0 N–H and O–H groups in total. The van der Waals surface area contributed by atoms with Crippen molar-refractivity contribution in [2.24, 2.45) is 0 Å². The Hall–Kier alpha value is -4.19. The summed E-state index contributed by atoms with van der Waals surface area (Å²) in [7, 11) is 0. The lowest BCUT2D eigenvalue weighted by Gasteiger charge is -2.18. The number of hydrogen-bond donors (Lipinski definition) is 0. The first-order chi connectivity index (χ1) is 32.5. The molecule has 6 nitrogen and oxygen atoms in total. The molecule has 1 unspecified atom stereocenters. The van der Waals surface area contributed by atoms with Crippen LogP contribution in [-0.2, 0) is 28.6 Å². The predicted molar refractivity (Wildman–Crippen MR) is 283 cm³/mol. The Morgan fingerprint density at radius 1 is 0.333 bits per heavy atom. The van der Waals surface area contributed by atoms with Crippen molar-refractivity contribution in [2.75, 3.05) is 13.2 Å². The number of carbonyl (C=O) groups excluding carboxylic acids is 3. The fourth-order valence-corrected chi connectivity index (χ4v) is 6.83. The molecule has 0 aromatic heterocycles. The standard InChI is InChI=1S/C60H96O6/c1-4-7-10-13-16-19-22-25-27-29-30-31-33-35-38-41-44-47-50-53-59(62)65-56-57(55-64-58(61)52-49-46-43-40-37-34-24-21-18-15-12-9-6-3)66-60(63)54-51-48-45-42-39-36-32-28-26-23-20-17-14-11-8-5-2/h7,9-10,12,15-16,18-19,21,24-25,27-28,30-32,34-35,37-38,57H,4-6,8,11,13-14,17,20,22-23,26,29,33,36,39-56H2,1-3H3/b10-7+,12-9+,18-15+,19-16+,24-21+,27-25+,31-30+,32-28+,37-34+,38-35+. The molecular formula is C60H96O6. The van der Waals surface area contributed by atoms with Gasteiger partial charge in [0.1, 0.15) is 13.2 Å². The van der Waals surface area contributed by atoms with Crippen LogP contribution in [0, 0.1) is 0 Å². The van der Waals surface area contributed by atoms with E-state index in [0.29, 0.717) is 19.3 Å². The van der Waals surface area contributed by atoms with E-state index in [4.69, 9.17) is 14.2 Å². The molecular weight excluding hydrogens is 817 g/mol. The van der Waals surface area contributed by atoms with E-state index in [9.17, 15) is 14.4 Å². The smallest absolute Gasteiger partial charge is 0.306 e. The lowest BCUT2D eigenvalue weighted by Crippen LogP contribution is -2.30. The van der Waals surface area contributed by atoms with Gasteiger partial charge in [-0.05, 0) is 109 Å². The molecule has 0 fully saturated rings. The first-order valence-corrected chi connectivity index (χ1v) is 26.6. The van der Waals surface area contributed by atoms with Crippen molar-refractivity contribution in [3.63, 3.8) is 0 Å². The highest BCUT2D eigenvalue weighted by atomic mass is 16.6. The molecule has 0 amide bonds. The number of unbranched alkanes of at least 4 members (excludes halogenated alkanes) is 18. The van der Waals surface area contributed by atoms with Crippen LogP contribution in [0.3, 0.4) is 0 Å². The van der Waals surface area contributed by atoms with E-state index < -0.39 is 6.10 Å². The summed E-state index contributed by atoms with van der Waals surface area (Å²) in [6.07, 6.45) is 73.3. The summed E-state index contributed by atoms with van der Waals surface area (Å²) in [5.74, 6) is -0.998. The molecule has 0 aromatic carbocycles. The summed E-state index contributed by atoms with van der Waals surface area (Å²) in [6.45, 7) is 6.30. The third-order valence-corrected chi connectivity index (χ3v) is 10.8. The van der Waals surface area contributed by atoms with Crippen molar-refractivity contribution in [3.05, 3.63) is 122 Å². The minimum atomic E-state index is -0.815. The summed E-state index contributed by atoms with van der Waals surface area (Å²) in [6, 6.07) is 0. The molecule has 0 aliphatic carbocycles. The van der Waals surface area contributed by atoms with Gasteiger partial charge in [-0.25, -0.2) is 0 Å². The molecule has 0 radical (unpaired) electrons. The molecule has 0 bridgehead atoms. The highest BCUT2D eigenvalue weighted by Gasteiger charge is 2.19. The lowest BCUT2D eigenvalue weighted by molar-refractivity contribution is -0.167. The highest BCUT2D eigenvalue weighted by Crippen LogP contribution is 2.13. The first-order valence-electron chi connectivity index (χ1n) is 26.6. The maximum atomic E-state index is 12.8. The molecule has 66 heavy (non-hydrogen) atoms. The van der Waals surface area contributed by atoms with Crippen LogP contribution in [-0.4, -0.2) is 37.2 Å². The third-order valence-electron chi connectivity index (χ3n) is 10.8. The van der Waals surface area contributed by atoms with Gasteiger partial charge in [-0.3, -0.25) is 14.4 Å². The van der Waals surface area contributed by atoms with Crippen LogP contribution in [0.4, 0.5) is 0 Å². The summed E-state index contributed by atoms with van der Waals surface area (Å²) < 4.78 is 16.7. The van der Waals surface area contributed by atoms with E-state index >= 15 is 0 Å². The quantitative estimate of drug-likeness (QED) is 0.0199. The van der Waals surface area contributed by atoms with E-state index in [0.717, 1.165) is 122 Å². The Kier molecular flexibility index (Phi) is 50.0. The third kappa shape index (κ3) is 50.8. The van der Waals surface area contributed by atoms with Crippen molar-refractivity contribution < 1.29 is 28.6 Å². The van der Waals surface area contributed by atoms with Crippen molar-refractivity contribution in [3.8, 4) is 0 Å². The minimum Gasteiger partial charge on any atom is -0.462 e. The zero-order chi connectivity index (χ0) is 47.9. The second-order valence-electron chi connectivity index (χ2n) is 17.1. The Balaban J connectivity index is 4.52. The second-order valence-corrected chi connectivity index (χ2v) is 17.1. The van der Waals surface area contributed by atoms with Crippen molar-refractivity contribution in [1.29, 1.82) is 0 Å². The normalized spacial score (nSPS) is 13.1. The van der Waals surface area contributed by atoms with Crippen LogP contribution < -0.4 is 0 Å². The van der Waals surface area contributed by atoms with Crippen LogP contribution in [0.1, 0.15) is 220 Å². The minimum absolute atomic E-state index is 0.115. The number of ether oxygens (including phenoxy) is 3. The van der Waals surface area contributed by atoms with Gasteiger partial charge in [0.25, 0.3) is 0 Å². The molecule has 0 heterocycles. The summed E-state index contributed by atoms with van der Waals surface area (Å²) in [5, 5.41) is 0. The average Bonchev–Trinajstić information content (AvgIpc) is 3.31. The highest BCUT2D eigenvalue weighted by molar-refractivity contribution is 5.71. The molecule has 0 rings (SSSR count). The fourth-order valence-electron chi connectivity index (χ4n) is 6.83. The first kappa shape index (κ1) is 61.8. The van der Waals surface area contributed by atoms with Gasteiger partial charge in [-0.2, -0.15) is 0 Å². The molecule has 0 aliphatic heterocycles. The summed E-state index contributed by atoms with van der Waals surface area (Å²) in [4.78, 5) is 38.0. The van der Waals surface area contributed by atoms with Crippen LogP contribution >= 0.6 is 0 Å². The maximum Gasteiger partial charge on any atom is 0.306 e. The number of allylic oxidation sites excluding steroid dienone is 20. The Morgan fingerprint density at radius 2 is 0.667 bits per heavy atom. The van der Waals surface area contributed by atoms with Crippen LogP contribution in [0.15, 0.2) is 122 Å². The van der Waals surface area contributed by atoms with Gasteiger partial charge in [-0.15, -0.1) is 0 Å². The lowest BCUT2D eigenvalue weighted by atomic mass is 10.1. The predicted octanol–water partition coefficient (Wildman–Crippen LogP) is 17.7. The Labute approximate surface area is 405 Å². The molecule has 0 saturated heterocycles. The Bertz CT molecular complexity index is 1420. The monoisotopic (exact) mass is 913 g/mol. The number of esters is 3. The summed E-state index contributed by atoms with van der Waals surface area (Å²) >= 11 is 0. The van der Waals surface area contributed by atoms with E-state index in [1.807, 2.05) is 36.5 Å². The van der Waals surface area contributed by atoms with Crippen molar-refractivity contribution in [2.45, 2.75) is 226 Å². The number of carbonyl (C=O) groups is 3. The molecule has 0 spiro atoms. The van der Waals surface area contributed by atoms with Gasteiger partial charge < -0.3 is 14.2 Å². The zero-order valence-corrected chi connectivity index (χ0v) is 42.4. The van der Waals surface area contributed by atoms with Crippen LogP contribution in [0.2, 0.25) is 0 Å². The van der Waals surface area contributed by atoms with E-state index in [2.05, 4.69) is 106 Å². The number of hydrogen-bond acceptors (Lipinski definition) is 6. The van der Waals surface area contributed by atoms with Gasteiger partial charge in [0.2, 0.25) is 0 Å². The van der Waals surface area contributed by atoms with E-state index in [1.165, 1.54) is 57.8 Å². The van der Waals surface area contributed by atoms with E-state index in [-0.39, 0.29) is 31.1 Å². The summed E-state index contributed by atoms with van der Waals surface area (Å²) in [5.41, 5.74) is 0. The molecule has 372 valence electrons. The van der Waals surface area contributed by atoms with Crippen molar-refractivity contribution >= 4 is 17.9 Å². The van der Waals surface area contributed by atoms with E-state index in [1.54, 1.807) is 0 Å². The fraction of sp³-hybridized carbons (Fsp3) is 0.617. The zero-order valence-electron chi connectivity index (χ0n) is 42.4. The maximum absolute atomic E-state index is 12.8. The van der Waals surface area contributed by atoms with Gasteiger partial charge in [0.05, 0.1) is 0 Å². The van der Waals surface area contributed by atoms with Gasteiger partial charge in [0, 0.05) is 19.3 Å². The largest absolute Gasteiger partial charge is 0.462 e. The average molecular weight is 913 g/mol.